The molecule has 3 rings (SSSR count). The first-order valence-electron chi connectivity index (χ1n) is 9.01. The van der Waals surface area contributed by atoms with Gasteiger partial charge in [-0.3, -0.25) is 9.10 Å². The summed E-state index contributed by atoms with van der Waals surface area (Å²) in [6.07, 6.45) is 0.987. The van der Waals surface area contributed by atoms with Crippen LogP contribution in [0.2, 0.25) is 0 Å². The summed E-state index contributed by atoms with van der Waals surface area (Å²) in [4.78, 5) is 14.7. The van der Waals surface area contributed by atoms with Gasteiger partial charge in [-0.05, 0) is 62.3 Å². The summed E-state index contributed by atoms with van der Waals surface area (Å²) in [5.74, 6) is 0.423. The van der Waals surface area contributed by atoms with Crippen LogP contribution in [0.15, 0.2) is 59.5 Å². The minimum Gasteiger partial charge on any atom is -0.338 e. The van der Waals surface area contributed by atoms with Gasteiger partial charge >= 0.3 is 0 Å². The van der Waals surface area contributed by atoms with E-state index in [1.807, 2.05) is 18.0 Å². The minimum atomic E-state index is -3.67. The average Bonchev–Trinajstić information content (AvgIpc) is 3.16. The molecular formula is C20H25N3O3S. The molecule has 1 N–H and O–H groups in total. The van der Waals surface area contributed by atoms with Gasteiger partial charge in [0.25, 0.3) is 15.9 Å². The number of sulfonamides is 1. The molecule has 1 aliphatic heterocycles. The van der Waals surface area contributed by atoms with Crippen molar-refractivity contribution in [3.63, 3.8) is 0 Å². The van der Waals surface area contributed by atoms with Gasteiger partial charge in [-0.25, -0.2) is 8.42 Å². The quantitative estimate of drug-likeness (QED) is 0.825. The molecule has 1 saturated heterocycles. The van der Waals surface area contributed by atoms with Crippen LogP contribution in [0.1, 0.15) is 16.8 Å². The van der Waals surface area contributed by atoms with Gasteiger partial charge in [0.2, 0.25) is 0 Å². The molecular weight excluding hydrogens is 362 g/mol. The Morgan fingerprint density at radius 3 is 2.44 bits per heavy atom. The maximum atomic E-state index is 12.8. The Labute approximate surface area is 160 Å². The number of anilines is 1. The van der Waals surface area contributed by atoms with Crippen LogP contribution in [-0.2, 0) is 10.0 Å². The molecule has 6 nitrogen and oxygen atoms in total. The zero-order valence-electron chi connectivity index (χ0n) is 15.6. The van der Waals surface area contributed by atoms with Crippen molar-refractivity contribution in [2.45, 2.75) is 11.3 Å². The van der Waals surface area contributed by atoms with E-state index in [-0.39, 0.29) is 10.8 Å². The van der Waals surface area contributed by atoms with Gasteiger partial charge in [-0.2, -0.15) is 0 Å². The Bertz CT molecular complexity index is 882. The van der Waals surface area contributed by atoms with Crippen molar-refractivity contribution in [3.05, 3.63) is 60.2 Å². The van der Waals surface area contributed by atoms with Gasteiger partial charge in [0.05, 0.1) is 10.6 Å². The van der Waals surface area contributed by atoms with Gasteiger partial charge in [0, 0.05) is 25.7 Å². The number of nitrogens with zero attached hydrogens (tertiary/aromatic N) is 2. The largest absolute Gasteiger partial charge is 0.338 e. The molecule has 0 spiro atoms. The van der Waals surface area contributed by atoms with Gasteiger partial charge in [-0.1, -0.05) is 18.2 Å². The molecule has 1 heterocycles. The maximum absolute atomic E-state index is 12.8. The van der Waals surface area contributed by atoms with Crippen molar-refractivity contribution < 1.29 is 13.2 Å². The van der Waals surface area contributed by atoms with Crippen LogP contribution in [0.3, 0.4) is 0 Å². The van der Waals surface area contributed by atoms with E-state index in [4.69, 9.17) is 0 Å². The smallest absolute Gasteiger partial charge is 0.264 e. The molecule has 0 bridgehead atoms. The van der Waals surface area contributed by atoms with Gasteiger partial charge < -0.3 is 10.2 Å². The molecule has 0 aliphatic carbocycles. The van der Waals surface area contributed by atoms with Crippen molar-refractivity contribution in [2.24, 2.45) is 5.92 Å². The van der Waals surface area contributed by atoms with Crippen LogP contribution >= 0.6 is 0 Å². The molecule has 2 aromatic rings. The standard InChI is InChI=1S/C20H25N3O3S/c1-21-14-16-12-13-23(15-16)20(24)17-8-10-19(11-9-17)27(25,26)22(2)18-6-4-3-5-7-18/h3-11,16,21H,12-15H2,1-2H3. The highest BCUT2D eigenvalue weighted by Gasteiger charge is 2.27. The zero-order valence-corrected chi connectivity index (χ0v) is 16.4. The van der Waals surface area contributed by atoms with Crippen LogP contribution < -0.4 is 9.62 Å². The number of nitrogens with one attached hydrogen (secondary N) is 1. The Kier molecular flexibility index (Phi) is 5.82. The third-order valence-corrected chi connectivity index (χ3v) is 6.75. The van der Waals surface area contributed by atoms with E-state index >= 15 is 0 Å². The van der Waals surface area contributed by atoms with Crippen LogP contribution in [-0.4, -0.2) is 53.0 Å². The Morgan fingerprint density at radius 2 is 1.81 bits per heavy atom. The van der Waals surface area contributed by atoms with Crippen molar-refractivity contribution in [3.8, 4) is 0 Å². The number of para-hydroxylation sites is 1. The van der Waals surface area contributed by atoms with Crippen molar-refractivity contribution in [1.29, 1.82) is 0 Å². The zero-order chi connectivity index (χ0) is 19.4. The fraction of sp³-hybridized carbons (Fsp3) is 0.350. The summed E-state index contributed by atoms with van der Waals surface area (Å²) >= 11 is 0. The third kappa shape index (κ3) is 4.14. The fourth-order valence-electron chi connectivity index (χ4n) is 3.36. The number of amides is 1. The van der Waals surface area contributed by atoms with Crippen LogP contribution in [0.4, 0.5) is 5.69 Å². The van der Waals surface area contributed by atoms with Crippen LogP contribution in [0.25, 0.3) is 0 Å². The van der Waals surface area contributed by atoms with Crippen molar-refractivity contribution >= 4 is 21.6 Å². The third-order valence-electron chi connectivity index (χ3n) is 4.95. The molecule has 2 aromatic carbocycles. The van der Waals surface area contributed by atoms with Gasteiger partial charge in [0.1, 0.15) is 0 Å². The normalized spacial score (nSPS) is 17.1. The predicted molar refractivity (Wildman–Crippen MR) is 106 cm³/mol. The summed E-state index contributed by atoms with van der Waals surface area (Å²) in [5.41, 5.74) is 1.10. The summed E-state index contributed by atoms with van der Waals surface area (Å²) in [7, 11) is -0.233. The van der Waals surface area contributed by atoms with E-state index in [0.29, 0.717) is 17.2 Å². The number of hydrogen-bond acceptors (Lipinski definition) is 4. The lowest BCUT2D eigenvalue weighted by Crippen LogP contribution is -2.30. The second-order valence-corrected chi connectivity index (χ2v) is 8.77. The summed E-state index contributed by atoms with van der Waals surface area (Å²) in [5, 5.41) is 3.15. The molecule has 1 fully saturated rings. The molecule has 0 aromatic heterocycles. The lowest BCUT2D eigenvalue weighted by molar-refractivity contribution is 0.0787. The minimum absolute atomic E-state index is 0.0473. The number of rotatable bonds is 6. The second kappa shape index (κ2) is 8.10. The maximum Gasteiger partial charge on any atom is 0.264 e. The first-order chi connectivity index (χ1) is 12.9. The average molecular weight is 388 g/mol. The van der Waals surface area contributed by atoms with E-state index in [9.17, 15) is 13.2 Å². The highest BCUT2D eigenvalue weighted by molar-refractivity contribution is 7.92. The second-order valence-electron chi connectivity index (χ2n) is 6.80. The topological polar surface area (TPSA) is 69.7 Å². The van der Waals surface area contributed by atoms with Gasteiger partial charge in [0.15, 0.2) is 0 Å². The Morgan fingerprint density at radius 1 is 1.15 bits per heavy atom. The molecule has 1 aliphatic rings. The first-order valence-corrected chi connectivity index (χ1v) is 10.5. The van der Waals surface area contributed by atoms with E-state index in [1.54, 1.807) is 36.4 Å². The Hall–Kier alpha value is -2.38. The number of hydrogen-bond donors (Lipinski definition) is 1. The van der Waals surface area contributed by atoms with Crippen molar-refractivity contribution in [1.82, 2.24) is 10.2 Å². The SMILES string of the molecule is CNCC1CCN(C(=O)c2ccc(S(=O)(=O)N(C)c3ccccc3)cc2)C1. The monoisotopic (exact) mass is 387 g/mol. The van der Waals surface area contributed by atoms with Crippen LogP contribution in [0.5, 0.6) is 0 Å². The van der Waals surface area contributed by atoms with E-state index in [1.165, 1.54) is 23.5 Å². The molecule has 27 heavy (non-hydrogen) atoms. The number of carbonyl (C=O) groups is 1. The van der Waals surface area contributed by atoms with E-state index in [0.717, 1.165) is 26.1 Å². The molecule has 0 saturated carbocycles. The molecule has 0 radical (unpaired) electrons. The lowest BCUT2D eigenvalue weighted by Gasteiger charge is -2.20. The summed E-state index contributed by atoms with van der Waals surface area (Å²) in [6.45, 7) is 2.37. The van der Waals surface area contributed by atoms with E-state index in [2.05, 4.69) is 5.32 Å². The van der Waals surface area contributed by atoms with Crippen molar-refractivity contribution in [2.75, 3.05) is 38.0 Å². The predicted octanol–water partition coefficient (Wildman–Crippen LogP) is 2.19. The molecule has 1 atom stereocenters. The first kappa shape index (κ1) is 19.4. The van der Waals surface area contributed by atoms with Gasteiger partial charge in [-0.15, -0.1) is 0 Å². The van der Waals surface area contributed by atoms with Crippen LogP contribution in [0, 0.1) is 5.92 Å². The van der Waals surface area contributed by atoms with E-state index < -0.39 is 10.0 Å². The number of benzene rings is 2. The number of carbonyl (C=O) groups excluding carboxylic acids is 1. The fourth-order valence-corrected chi connectivity index (χ4v) is 4.55. The molecule has 1 unspecified atom stereocenters. The lowest BCUT2D eigenvalue weighted by atomic mass is 10.1. The summed E-state index contributed by atoms with van der Waals surface area (Å²) in [6, 6.07) is 15.1. The molecule has 144 valence electrons. The molecule has 1 amide bonds. The Balaban J connectivity index is 1.74. The molecule has 7 heteroatoms. The highest BCUT2D eigenvalue weighted by atomic mass is 32.2. The highest BCUT2D eigenvalue weighted by Crippen LogP contribution is 2.23. The number of likely N-dealkylation sites (tertiary alicyclic amines) is 1. The summed E-state index contributed by atoms with van der Waals surface area (Å²) < 4.78 is 26.9.